The Labute approximate surface area is 110 Å². The van der Waals surface area contributed by atoms with Gasteiger partial charge in [0.05, 0.1) is 0 Å². The summed E-state index contributed by atoms with van der Waals surface area (Å²) in [5, 5.41) is 3.48. The van der Waals surface area contributed by atoms with Crippen molar-refractivity contribution in [2.75, 3.05) is 6.54 Å². The van der Waals surface area contributed by atoms with E-state index in [0.29, 0.717) is 0 Å². The molecule has 0 spiro atoms. The van der Waals surface area contributed by atoms with Crippen LogP contribution in [0.3, 0.4) is 0 Å². The Bertz CT molecular complexity index is 488. The van der Waals surface area contributed by atoms with Crippen LogP contribution in [0.4, 0.5) is 0 Å². The lowest BCUT2D eigenvalue weighted by Gasteiger charge is -2.07. The lowest BCUT2D eigenvalue weighted by atomic mass is 10.0. The summed E-state index contributed by atoms with van der Waals surface area (Å²) in [7, 11) is 0. The van der Waals surface area contributed by atoms with Crippen LogP contribution in [-0.4, -0.2) is 6.54 Å². The largest absolute Gasteiger partial charge is 0.312 e. The Balaban J connectivity index is 1.77. The monoisotopic (exact) mass is 239 g/mol. The normalized spacial score (nSPS) is 10.6. The van der Waals surface area contributed by atoms with Crippen LogP contribution in [-0.2, 0) is 13.0 Å². The van der Waals surface area contributed by atoms with Crippen molar-refractivity contribution in [1.82, 2.24) is 5.32 Å². The van der Waals surface area contributed by atoms with Crippen molar-refractivity contribution in [2.45, 2.75) is 26.8 Å². The topological polar surface area (TPSA) is 12.0 Å². The molecule has 18 heavy (non-hydrogen) atoms. The molecule has 0 heterocycles. The van der Waals surface area contributed by atoms with E-state index < -0.39 is 0 Å². The van der Waals surface area contributed by atoms with Crippen molar-refractivity contribution in [3.8, 4) is 0 Å². The second-order valence-electron chi connectivity index (χ2n) is 4.83. The van der Waals surface area contributed by atoms with Gasteiger partial charge in [0.15, 0.2) is 0 Å². The van der Waals surface area contributed by atoms with Crippen LogP contribution in [0.15, 0.2) is 48.5 Å². The number of rotatable bonds is 5. The summed E-state index contributed by atoms with van der Waals surface area (Å²) in [4.78, 5) is 0. The van der Waals surface area contributed by atoms with Crippen LogP contribution in [0.25, 0.3) is 0 Å². The van der Waals surface area contributed by atoms with Crippen molar-refractivity contribution < 1.29 is 0 Å². The van der Waals surface area contributed by atoms with E-state index >= 15 is 0 Å². The van der Waals surface area contributed by atoms with Crippen LogP contribution in [0, 0.1) is 13.8 Å². The SMILES string of the molecule is Cc1ccc(CCNCc2ccccc2)cc1C. The van der Waals surface area contributed by atoms with E-state index in [-0.39, 0.29) is 0 Å². The average Bonchev–Trinajstić information content (AvgIpc) is 2.40. The third-order valence-electron chi connectivity index (χ3n) is 3.33. The second kappa shape index (κ2) is 6.36. The maximum Gasteiger partial charge on any atom is 0.0205 e. The average molecular weight is 239 g/mol. The molecular formula is C17H21N. The van der Waals surface area contributed by atoms with E-state index in [0.717, 1.165) is 19.5 Å². The minimum absolute atomic E-state index is 0.950. The van der Waals surface area contributed by atoms with E-state index in [1.807, 2.05) is 0 Å². The molecule has 0 radical (unpaired) electrons. The van der Waals surface area contributed by atoms with Gasteiger partial charge in [0.2, 0.25) is 0 Å². The first-order valence-corrected chi connectivity index (χ1v) is 6.56. The number of aryl methyl sites for hydroxylation is 2. The van der Waals surface area contributed by atoms with Gasteiger partial charge >= 0.3 is 0 Å². The maximum atomic E-state index is 3.48. The first-order chi connectivity index (χ1) is 8.75. The van der Waals surface area contributed by atoms with Crippen LogP contribution in [0.1, 0.15) is 22.3 Å². The van der Waals surface area contributed by atoms with E-state index in [1.165, 1.54) is 22.3 Å². The highest BCUT2D eigenvalue weighted by molar-refractivity contribution is 5.30. The summed E-state index contributed by atoms with van der Waals surface area (Å²) in [6.07, 6.45) is 1.09. The maximum absolute atomic E-state index is 3.48. The molecule has 0 unspecified atom stereocenters. The molecule has 1 heteroatoms. The molecule has 1 nitrogen and oxygen atoms in total. The van der Waals surface area contributed by atoms with Crippen molar-refractivity contribution in [1.29, 1.82) is 0 Å². The van der Waals surface area contributed by atoms with Gasteiger partial charge in [-0.05, 0) is 49.1 Å². The fourth-order valence-electron chi connectivity index (χ4n) is 2.02. The molecular weight excluding hydrogens is 218 g/mol. The van der Waals surface area contributed by atoms with Crippen molar-refractivity contribution >= 4 is 0 Å². The summed E-state index contributed by atoms with van der Waals surface area (Å²) in [5.41, 5.74) is 5.52. The van der Waals surface area contributed by atoms with Crippen LogP contribution < -0.4 is 5.32 Å². The van der Waals surface area contributed by atoms with Gasteiger partial charge in [-0.1, -0.05) is 48.5 Å². The molecule has 2 rings (SSSR count). The predicted molar refractivity (Wildman–Crippen MR) is 77.8 cm³/mol. The quantitative estimate of drug-likeness (QED) is 0.786. The number of hydrogen-bond acceptors (Lipinski definition) is 1. The van der Waals surface area contributed by atoms with Gasteiger partial charge in [0.1, 0.15) is 0 Å². The van der Waals surface area contributed by atoms with E-state index in [9.17, 15) is 0 Å². The zero-order chi connectivity index (χ0) is 12.8. The lowest BCUT2D eigenvalue weighted by molar-refractivity contribution is 0.687. The molecule has 0 bridgehead atoms. The summed E-state index contributed by atoms with van der Waals surface area (Å²) in [6, 6.07) is 17.3. The smallest absolute Gasteiger partial charge is 0.0205 e. The molecule has 1 N–H and O–H groups in total. The number of hydrogen-bond donors (Lipinski definition) is 1. The molecule has 0 aliphatic carbocycles. The Morgan fingerprint density at radius 2 is 1.61 bits per heavy atom. The molecule has 0 saturated carbocycles. The van der Waals surface area contributed by atoms with Gasteiger partial charge < -0.3 is 5.32 Å². The van der Waals surface area contributed by atoms with Gasteiger partial charge in [0, 0.05) is 6.54 Å². The Morgan fingerprint density at radius 1 is 0.833 bits per heavy atom. The van der Waals surface area contributed by atoms with Crippen molar-refractivity contribution in [2.24, 2.45) is 0 Å². The van der Waals surface area contributed by atoms with Crippen molar-refractivity contribution in [3.05, 3.63) is 70.8 Å². The highest BCUT2D eigenvalue weighted by Crippen LogP contribution is 2.10. The van der Waals surface area contributed by atoms with Crippen LogP contribution in [0.5, 0.6) is 0 Å². The zero-order valence-corrected chi connectivity index (χ0v) is 11.2. The zero-order valence-electron chi connectivity index (χ0n) is 11.2. The summed E-state index contributed by atoms with van der Waals surface area (Å²) < 4.78 is 0. The van der Waals surface area contributed by atoms with Gasteiger partial charge in [-0.2, -0.15) is 0 Å². The second-order valence-corrected chi connectivity index (χ2v) is 4.83. The lowest BCUT2D eigenvalue weighted by Crippen LogP contribution is -2.16. The third-order valence-corrected chi connectivity index (χ3v) is 3.33. The predicted octanol–water partition coefficient (Wildman–Crippen LogP) is 3.64. The van der Waals surface area contributed by atoms with Gasteiger partial charge in [-0.25, -0.2) is 0 Å². The molecule has 0 aliphatic rings. The first-order valence-electron chi connectivity index (χ1n) is 6.56. The molecule has 0 atom stereocenters. The van der Waals surface area contributed by atoms with Gasteiger partial charge in [0.25, 0.3) is 0 Å². The van der Waals surface area contributed by atoms with E-state index in [2.05, 4.69) is 67.7 Å². The standard InChI is InChI=1S/C17H21N/c1-14-8-9-16(12-15(14)2)10-11-18-13-17-6-4-3-5-7-17/h3-9,12,18H,10-11,13H2,1-2H3. The fourth-order valence-corrected chi connectivity index (χ4v) is 2.02. The molecule has 94 valence electrons. The molecule has 0 aromatic heterocycles. The molecule has 0 saturated heterocycles. The molecule has 2 aromatic carbocycles. The van der Waals surface area contributed by atoms with Crippen molar-refractivity contribution in [3.63, 3.8) is 0 Å². The van der Waals surface area contributed by atoms with E-state index in [4.69, 9.17) is 0 Å². The summed E-state index contributed by atoms with van der Waals surface area (Å²) in [5.74, 6) is 0. The Kier molecular flexibility index (Phi) is 4.54. The molecule has 0 fully saturated rings. The summed E-state index contributed by atoms with van der Waals surface area (Å²) >= 11 is 0. The Hall–Kier alpha value is -1.60. The molecule has 0 amide bonds. The first kappa shape index (κ1) is 12.8. The van der Waals surface area contributed by atoms with Gasteiger partial charge in [-0.15, -0.1) is 0 Å². The third kappa shape index (κ3) is 3.71. The number of nitrogens with one attached hydrogen (secondary N) is 1. The molecule has 0 aliphatic heterocycles. The van der Waals surface area contributed by atoms with Crippen LogP contribution in [0.2, 0.25) is 0 Å². The minimum Gasteiger partial charge on any atom is -0.312 e. The van der Waals surface area contributed by atoms with Gasteiger partial charge in [-0.3, -0.25) is 0 Å². The summed E-state index contributed by atoms with van der Waals surface area (Å²) in [6.45, 7) is 6.31. The van der Waals surface area contributed by atoms with E-state index in [1.54, 1.807) is 0 Å². The number of benzene rings is 2. The molecule has 2 aromatic rings. The minimum atomic E-state index is 0.950. The Morgan fingerprint density at radius 3 is 2.33 bits per heavy atom. The fraction of sp³-hybridized carbons (Fsp3) is 0.294. The highest BCUT2D eigenvalue weighted by atomic mass is 14.8. The van der Waals surface area contributed by atoms with Crippen LogP contribution >= 0.6 is 0 Å². The highest BCUT2D eigenvalue weighted by Gasteiger charge is 1.97.